The summed E-state index contributed by atoms with van der Waals surface area (Å²) in [4.78, 5) is 11.3. The van der Waals surface area contributed by atoms with Crippen molar-refractivity contribution in [1.82, 2.24) is 0 Å². The average Bonchev–Trinajstić information content (AvgIpc) is 2.50. The van der Waals surface area contributed by atoms with E-state index < -0.39 is 0 Å². The summed E-state index contributed by atoms with van der Waals surface area (Å²) in [6.45, 7) is 3.92. The second-order valence-electron chi connectivity index (χ2n) is 2.61. The number of carbonyl (C=O) groups is 1. The molecule has 0 fully saturated rings. The third-order valence-electron chi connectivity index (χ3n) is 1.68. The van der Waals surface area contributed by atoms with E-state index >= 15 is 0 Å². The summed E-state index contributed by atoms with van der Waals surface area (Å²) in [6.07, 6.45) is 1.54. The second-order valence-corrected chi connectivity index (χ2v) is 3.46. The highest BCUT2D eigenvalue weighted by atomic mass is 79.9. The van der Waals surface area contributed by atoms with E-state index in [0.717, 1.165) is 4.47 Å². The molecule has 0 radical (unpaired) electrons. The van der Waals surface area contributed by atoms with Gasteiger partial charge < -0.3 is 9.15 Å². The standard InChI is InChI=1S/C9H11BrO3/c1-3-12-9(11)6(2)8-7(10)4-5-13-8/h4-6H,3H2,1-2H3. The second kappa shape index (κ2) is 4.46. The molecule has 0 bridgehead atoms. The summed E-state index contributed by atoms with van der Waals surface area (Å²) < 4.78 is 10.8. The molecule has 13 heavy (non-hydrogen) atoms. The molecule has 0 saturated carbocycles. The van der Waals surface area contributed by atoms with Gasteiger partial charge in [0.1, 0.15) is 11.7 Å². The molecule has 1 atom stereocenters. The molecule has 1 aromatic rings. The fourth-order valence-corrected chi connectivity index (χ4v) is 1.53. The van der Waals surface area contributed by atoms with Gasteiger partial charge in [0.15, 0.2) is 0 Å². The van der Waals surface area contributed by atoms with Gasteiger partial charge >= 0.3 is 5.97 Å². The maximum atomic E-state index is 11.3. The molecule has 4 heteroatoms. The minimum atomic E-state index is -0.357. The van der Waals surface area contributed by atoms with E-state index in [0.29, 0.717) is 12.4 Å². The van der Waals surface area contributed by atoms with E-state index in [1.165, 1.54) is 6.26 Å². The fourth-order valence-electron chi connectivity index (χ4n) is 0.989. The number of furan rings is 1. The van der Waals surface area contributed by atoms with Crippen LogP contribution in [0.15, 0.2) is 21.2 Å². The van der Waals surface area contributed by atoms with E-state index in [2.05, 4.69) is 15.9 Å². The molecular weight excluding hydrogens is 236 g/mol. The van der Waals surface area contributed by atoms with E-state index in [1.807, 2.05) is 0 Å². The number of rotatable bonds is 3. The smallest absolute Gasteiger partial charge is 0.316 e. The zero-order chi connectivity index (χ0) is 9.84. The molecule has 0 saturated heterocycles. The molecule has 1 rings (SSSR count). The van der Waals surface area contributed by atoms with Crippen LogP contribution in [0.25, 0.3) is 0 Å². The Labute approximate surface area is 85.2 Å². The molecule has 0 amide bonds. The van der Waals surface area contributed by atoms with Crippen molar-refractivity contribution >= 4 is 21.9 Å². The number of esters is 1. The Morgan fingerprint density at radius 1 is 1.77 bits per heavy atom. The van der Waals surface area contributed by atoms with Crippen molar-refractivity contribution in [2.75, 3.05) is 6.61 Å². The number of hydrogen-bond acceptors (Lipinski definition) is 3. The largest absolute Gasteiger partial charge is 0.467 e. The van der Waals surface area contributed by atoms with Crippen molar-refractivity contribution in [3.05, 3.63) is 22.6 Å². The third kappa shape index (κ3) is 2.34. The summed E-state index contributed by atoms with van der Waals surface area (Å²) in [5, 5.41) is 0. The maximum absolute atomic E-state index is 11.3. The highest BCUT2D eigenvalue weighted by Crippen LogP contribution is 2.26. The van der Waals surface area contributed by atoms with Gasteiger partial charge in [0.05, 0.1) is 17.3 Å². The first-order valence-electron chi connectivity index (χ1n) is 4.06. The van der Waals surface area contributed by atoms with Gasteiger partial charge in [-0.25, -0.2) is 0 Å². The van der Waals surface area contributed by atoms with Gasteiger partial charge in [-0.2, -0.15) is 0 Å². The normalized spacial score (nSPS) is 12.5. The molecule has 1 aromatic heterocycles. The Morgan fingerprint density at radius 3 is 2.92 bits per heavy atom. The summed E-state index contributed by atoms with van der Waals surface area (Å²) in [7, 11) is 0. The lowest BCUT2D eigenvalue weighted by Gasteiger charge is -2.07. The monoisotopic (exact) mass is 246 g/mol. The van der Waals surface area contributed by atoms with Crippen LogP contribution >= 0.6 is 15.9 Å². The lowest BCUT2D eigenvalue weighted by atomic mass is 10.1. The van der Waals surface area contributed by atoms with E-state index in [1.54, 1.807) is 19.9 Å². The lowest BCUT2D eigenvalue weighted by Crippen LogP contribution is -2.12. The molecule has 0 aliphatic carbocycles. The van der Waals surface area contributed by atoms with Crippen LogP contribution in [0, 0.1) is 0 Å². The molecule has 1 heterocycles. The summed E-state index contributed by atoms with van der Waals surface area (Å²) in [6, 6.07) is 1.76. The average molecular weight is 247 g/mol. The fraction of sp³-hybridized carbons (Fsp3) is 0.444. The Hall–Kier alpha value is -0.770. The predicted octanol–water partition coefficient (Wildman–Crippen LogP) is 2.71. The van der Waals surface area contributed by atoms with Crippen LogP contribution < -0.4 is 0 Å². The van der Waals surface area contributed by atoms with Gasteiger partial charge in [0.25, 0.3) is 0 Å². The van der Waals surface area contributed by atoms with Gasteiger partial charge in [0, 0.05) is 0 Å². The van der Waals surface area contributed by atoms with E-state index in [4.69, 9.17) is 9.15 Å². The van der Waals surface area contributed by atoms with Crippen molar-refractivity contribution in [2.45, 2.75) is 19.8 Å². The molecule has 72 valence electrons. The topological polar surface area (TPSA) is 39.4 Å². The van der Waals surface area contributed by atoms with Crippen LogP contribution in [0.3, 0.4) is 0 Å². The van der Waals surface area contributed by atoms with Gasteiger partial charge in [0.2, 0.25) is 0 Å². The molecule has 0 aliphatic heterocycles. The quantitative estimate of drug-likeness (QED) is 0.771. The van der Waals surface area contributed by atoms with Gasteiger partial charge in [-0.1, -0.05) is 0 Å². The molecule has 3 nitrogen and oxygen atoms in total. The van der Waals surface area contributed by atoms with E-state index in [-0.39, 0.29) is 11.9 Å². The minimum Gasteiger partial charge on any atom is -0.467 e. The number of halogens is 1. The van der Waals surface area contributed by atoms with Crippen LogP contribution in [-0.2, 0) is 9.53 Å². The van der Waals surface area contributed by atoms with Crippen molar-refractivity contribution in [3.63, 3.8) is 0 Å². The minimum absolute atomic E-state index is 0.266. The molecule has 0 aliphatic rings. The van der Waals surface area contributed by atoms with Crippen molar-refractivity contribution < 1.29 is 13.9 Å². The molecule has 0 N–H and O–H groups in total. The van der Waals surface area contributed by atoms with Crippen LogP contribution in [0.1, 0.15) is 25.5 Å². The first kappa shape index (κ1) is 10.3. The Kier molecular flexibility index (Phi) is 3.54. The highest BCUT2D eigenvalue weighted by molar-refractivity contribution is 9.10. The third-order valence-corrected chi connectivity index (χ3v) is 2.33. The van der Waals surface area contributed by atoms with Crippen LogP contribution in [-0.4, -0.2) is 12.6 Å². The Bertz CT molecular complexity index is 293. The van der Waals surface area contributed by atoms with Crippen LogP contribution in [0.2, 0.25) is 0 Å². The van der Waals surface area contributed by atoms with Crippen molar-refractivity contribution in [2.24, 2.45) is 0 Å². The van der Waals surface area contributed by atoms with Crippen molar-refractivity contribution in [1.29, 1.82) is 0 Å². The Morgan fingerprint density at radius 2 is 2.46 bits per heavy atom. The van der Waals surface area contributed by atoms with Crippen LogP contribution in [0.4, 0.5) is 0 Å². The first-order chi connectivity index (χ1) is 6.16. The van der Waals surface area contributed by atoms with Gasteiger partial charge in [-0.15, -0.1) is 0 Å². The molecule has 0 spiro atoms. The number of hydrogen-bond donors (Lipinski definition) is 0. The predicted molar refractivity (Wildman–Crippen MR) is 51.5 cm³/mol. The van der Waals surface area contributed by atoms with Crippen LogP contribution in [0.5, 0.6) is 0 Å². The molecule has 0 aromatic carbocycles. The number of ether oxygens (including phenoxy) is 1. The van der Waals surface area contributed by atoms with E-state index in [9.17, 15) is 4.79 Å². The maximum Gasteiger partial charge on any atom is 0.316 e. The zero-order valence-corrected chi connectivity index (χ0v) is 9.13. The van der Waals surface area contributed by atoms with Gasteiger partial charge in [-0.05, 0) is 35.8 Å². The molecule has 1 unspecified atom stereocenters. The molecular formula is C9H11BrO3. The highest BCUT2D eigenvalue weighted by Gasteiger charge is 2.21. The summed E-state index contributed by atoms with van der Waals surface area (Å²) >= 11 is 3.28. The SMILES string of the molecule is CCOC(=O)C(C)c1occc1Br. The Balaban J connectivity index is 2.73. The first-order valence-corrected chi connectivity index (χ1v) is 4.85. The summed E-state index contributed by atoms with van der Waals surface area (Å²) in [5.74, 6) is -0.0130. The van der Waals surface area contributed by atoms with Gasteiger partial charge in [-0.3, -0.25) is 4.79 Å². The lowest BCUT2D eigenvalue weighted by molar-refractivity contribution is -0.144. The number of carbonyl (C=O) groups excluding carboxylic acids is 1. The zero-order valence-electron chi connectivity index (χ0n) is 7.54. The van der Waals surface area contributed by atoms with Crippen molar-refractivity contribution in [3.8, 4) is 0 Å². The summed E-state index contributed by atoms with van der Waals surface area (Å²) in [5.41, 5.74) is 0.